The van der Waals surface area contributed by atoms with E-state index in [1.807, 2.05) is 107 Å². The van der Waals surface area contributed by atoms with Crippen LogP contribution in [0.15, 0.2) is 94.6 Å². The highest BCUT2D eigenvalue weighted by atomic mass is 31.2. The Hall–Kier alpha value is -4.46. The van der Waals surface area contributed by atoms with Crippen molar-refractivity contribution >= 4 is 8.53 Å². The van der Waals surface area contributed by atoms with E-state index in [0.717, 1.165) is 10.1 Å². The fourth-order valence-corrected chi connectivity index (χ4v) is 8.96. The molecule has 15 nitrogen and oxygen atoms in total. The van der Waals surface area contributed by atoms with Crippen LogP contribution in [-0.4, -0.2) is 101 Å². The summed E-state index contributed by atoms with van der Waals surface area (Å²) < 4.78 is 45.8. The van der Waals surface area contributed by atoms with E-state index in [-0.39, 0.29) is 37.5 Å². The number of methoxy groups -OCH3 is 3. The number of rotatable bonds is 20. The van der Waals surface area contributed by atoms with Crippen molar-refractivity contribution in [2.75, 3.05) is 41.2 Å². The van der Waals surface area contributed by atoms with E-state index in [1.54, 1.807) is 18.9 Å². The van der Waals surface area contributed by atoms with Gasteiger partial charge in [0, 0.05) is 31.0 Å². The normalized spacial score (nSPS) is 20.5. The predicted octanol–water partition coefficient (Wildman–Crippen LogP) is 5.17. The molecule has 1 aromatic heterocycles. The number of H-pyrrole nitrogens is 1. The van der Waals surface area contributed by atoms with Gasteiger partial charge in [-0.25, -0.2) is 9.46 Å². The number of aliphatic hydroxyl groups is 1. The Bertz CT molecular complexity index is 2050. The summed E-state index contributed by atoms with van der Waals surface area (Å²) in [7, 11) is 2.24. The van der Waals surface area contributed by atoms with Gasteiger partial charge in [-0.05, 0) is 75.6 Å². The number of benzene rings is 3. The SMILES string of the molecule is COCCO[C@H]1[C@H](n2cc(C)c(=O)[nH]c2=O)O[C@H](COC(c2ccccc2)(c2ccc(OC)cc2)c2ccc(OC)cc2)[C@@]1(O)C(CC#N)OP(O)N(C(C)C)C(C)C. The fourth-order valence-electron chi connectivity index (χ4n) is 7.59. The molecule has 2 heterocycles. The summed E-state index contributed by atoms with van der Waals surface area (Å²) in [5.41, 5.74) is -2.77. The van der Waals surface area contributed by atoms with Crippen molar-refractivity contribution in [1.82, 2.24) is 14.2 Å². The van der Waals surface area contributed by atoms with Crippen molar-refractivity contribution in [3.05, 3.63) is 128 Å². The van der Waals surface area contributed by atoms with Crippen molar-refractivity contribution in [3.8, 4) is 17.6 Å². The zero-order chi connectivity index (χ0) is 42.9. The molecule has 59 heavy (non-hydrogen) atoms. The smallest absolute Gasteiger partial charge is 0.330 e. The van der Waals surface area contributed by atoms with Gasteiger partial charge in [0.1, 0.15) is 35.4 Å². The van der Waals surface area contributed by atoms with Gasteiger partial charge in [-0.1, -0.05) is 54.6 Å². The molecule has 1 aliphatic rings. The topological polar surface area (TPSA) is 187 Å². The molecule has 1 aliphatic heterocycles. The Morgan fingerprint density at radius 3 is 1.98 bits per heavy atom. The van der Waals surface area contributed by atoms with E-state index in [4.69, 9.17) is 32.9 Å². The molecule has 16 heteroatoms. The molecule has 5 rings (SSSR count). The molecule has 0 spiro atoms. The number of nitrogens with one attached hydrogen (secondary N) is 1. The number of hydrogen-bond donors (Lipinski definition) is 3. The van der Waals surface area contributed by atoms with Crippen LogP contribution in [-0.2, 0) is 29.1 Å². The van der Waals surface area contributed by atoms with Crippen LogP contribution in [0.3, 0.4) is 0 Å². The van der Waals surface area contributed by atoms with Crippen LogP contribution in [0.25, 0.3) is 0 Å². The predicted molar refractivity (Wildman–Crippen MR) is 221 cm³/mol. The summed E-state index contributed by atoms with van der Waals surface area (Å²) in [6.45, 7) is 8.77. The summed E-state index contributed by atoms with van der Waals surface area (Å²) in [5, 5.41) is 23.7. The summed E-state index contributed by atoms with van der Waals surface area (Å²) in [5.74, 6) is 1.24. The van der Waals surface area contributed by atoms with E-state index in [9.17, 15) is 24.9 Å². The highest BCUT2D eigenvalue weighted by Crippen LogP contribution is 2.50. The van der Waals surface area contributed by atoms with Crippen LogP contribution in [0.5, 0.6) is 11.5 Å². The van der Waals surface area contributed by atoms with Crippen LogP contribution in [0.2, 0.25) is 0 Å². The third-order valence-electron chi connectivity index (χ3n) is 10.4. The van der Waals surface area contributed by atoms with Crippen LogP contribution < -0.4 is 20.7 Å². The van der Waals surface area contributed by atoms with Gasteiger partial charge in [0.2, 0.25) is 0 Å². The molecule has 1 saturated heterocycles. The van der Waals surface area contributed by atoms with Gasteiger partial charge in [-0.2, -0.15) is 5.26 Å². The number of nitriles is 1. The van der Waals surface area contributed by atoms with Crippen molar-refractivity contribution in [2.45, 2.75) is 88.9 Å². The lowest BCUT2D eigenvalue weighted by Gasteiger charge is -2.43. The first-order valence-electron chi connectivity index (χ1n) is 19.4. The molecule has 2 unspecified atom stereocenters. The van der Waals surface area contributed by atoms with Gasteiger partial charge in [0.25, 0.3) is 14.1 Å². The Kier molecular flexibility index (Phi) is 15.6. The van der Waals surface area contributed by atoms with Gasteiger partial charge in [-0.15, -0.1) is 0 Å². The van der Waals surface area contributed by atoms with Gasteiger partial charge >= 0.3 is 5.69 Å². The Morgan fingerprint density at radius 2 is 1.47 bits per heavy atom. The standard InChI is InChI=1S/C43H55N4O11P/c1-28(2)47(29(3)4)59(51)58-36(22-23-44)42(50)37(57-40(38(42)55-25-24-52-6)46-26-30(5)39(48)45-41(46)49)27-56-43(31-12-10-9-11-13-31,32-14-18-34(53-7)19-15-32)33-16-20-35(54-8)21-17-33/h9-21,26,28-29,36-38,40,50-51H,22,24-25,27H2,1-8H3,(H,45,48,49)/t36?,37-,38+,40-,42+,59?/m1/s1. The van der Waals surface area contributed by atoms with Gasteiger partial charge < -0.3 is 42.9 Å². The van der Waals surface area contributed by atoms with E-state index in [2.05, 4.69) is 11.1 Å². The third-order valence-corrected chi connectivity index (χ3v) is 12.2. The number of nitrogens with zero attached hydrogens (tertiary/aromatic N) is 3. The Labute approximate surface area is 345 Å². The first-order chi connectivity index (χ1) is 28.3. The second-order valence-corrected chi connectivity index (χ2v) is 15.9. The zero-order valence-electron chi connectivity index (χ0n) is 34.7. The minimum Gasteiger partial charge on any atom is -0.497 e. The van der Waals surface area contributed by atoms with E-state index >= 15 is 0 Å². The van der Waals surface area contributed by atoms with Gasteiger partial charge in [0.15, 0.2) is 11.8 Å². The molecule has 4 aromatic rings. The first-order valence-corrected chi connectivity index (χ1v) is 20.5. The number of ether oxygens (including phenoxy) is 6. The lowest BCUT2D eigenvalue weighted by Crippen LogP contribution is -2.60. The molecule has 3 N–H and O–H groups in total. The summed E-state index contributed by atoms with van der Waals surface area (Å²) in [6, 6.07) is 26.1. The molecule has 0 amide bonds. The van der Waals surface area contributed by atoms with Gasteiger partial charge in [0.05, 0.1) is 46.5 Å². The fraction of sp³-hybridized carbons (Fsp3) is 0.465. The molecule has 6 atom stereocenters. The lowest BCUT2D eigenvalue weighted by atomic mass is 9.79. The second kappa shape index (κ2) is 20.2. The second-order valence-electron chi connectivity index (χ2n) is 14.8. The Balaban J connectivity index is 1.74. The molecule has 0 radical (unpaired) electrons. The van der Waals surface area contributed by atoms with Crippen LogP contribution in [0, 0.1) is 18.3 Å². The number of aromatic nitrogens is 2. The molecule has 318 valence electrons. The van der Waals surface area contributed by atoms with Crippen LogP contribution in [0.1, 0.15) is 62.6 Å². The molecular weight excluding hydrogens is 779 g/mol. The molecule has 0 bridgehead atoms. The average Bonchev–Trinajstić information content (AvgIpc) is 3.50. The van der Waals surface area contributed by atoms with Crippen molar-refractivity contribution in [2.24, 2.45) is 0 Å². The average molecular weight is 835 g/mol. The summed E-state index contributed by atoms with van der Waals surface area (Å²) in [6.07, 6.45) is -4.77. The molecular formula is C43H55N4O11P. The number of aromatic amines is 1. The molecule has 1 fully saturated rings. The molecule has 3 aromatic carbocycles. The number of aryl methyl sites for hydroxylation is 1. The van der Waals surface area contributed by atoms with Crippen molar-refractivity contribution < 1.29 is 42.9 Å². The van der Waals surface area contributed by atoms with Crippen LogP contribution >= 0.6 is 8.53 Å². The summed E-state index contributed by atoms with van der Waals surface area (Å²) >= 11 is 0. The highest BCUT2D eigenvalue weighted by molar-refractivity contribution is 7.43. The van der Waals surface area contributed by atoms with E-state index < -0.39 is 61.9 Å². The maximum absolute atomic E-state index is 13.5. The quantitative estimate of drug-likeness (QED) is 0.0602. The zero-order valence-corrected chi connectivity index (χ0v) is 35.6. The van der Waals surface area contributed by atoms with E-state index in [0.29, 0.717) is 22.6 Å². The summed E-state index contributed by atoms with van der Waals surface area (Å²) in [4.78, 5) is 40.1. The lowest BCUT2D eigenvalue weighted by molar-refractivity contribution is -0.176. The minimum atomic E-state index is -2.40. The van der Waals surface area contributed by atoms with Gasteiger partial charge in [-0.3, -0.25) is 14.3 Å². The highest BCUT2D eigenvalue weighted by Gasteiger charge is 2.63. The molecule has 0 aliphatic carbocycles. The van der Waals surface area contributed by atoms with Crippen molar-refractivity contribution in [1.29, 1.82) is 5.26 Å². The largest absolute Gasteiger partial charge is 0.497 e. The maximum Gasteiger partial charge on any atom is 0.330 e. The maximum atomic E-state index is 13.5. The van der Waals surface area contributed by atoms with Crippen molar-refractivity contribution in [3.63, 3.8) is 0 Å². The van der Waals surface area contributed by atoms with E-state index in [1.165, 1.54) is 20.2 Å². The Morgan fingerprint density at radius 1 is 0.915 bits per heavy atom. The minimum absolute atomic E-state index is 0.0725. The first kappa shape index (κ1) is 45.6. The van der Waals surface area contributed by atoms with Crippen LogP contribution in [0.4, 0.5) is 0 Å². The monoisotopic (exact) mass is 834 g/mol. The molecule has 0 saturated carbocycles. The number of hydrogen-bond acceptors (Lipinski definition) is 13. The third kappa shape index (κ3) is 9.63.